The van der Waals surface area contributed by atoms with E-state index in [0.717, 1.165) is 41.0 Å². The number of aromatic nitrogens is 1. The molecule has 0 bridgehead atoms. The van der Waals surface area contributed by atoms with Crippen molar-refractivity contribution in [3.63, 3.8) is 0 Å². The Morgan fingerprint density at radius 1 is 0.667 bits per heavy atom. The second-order valence-electron chi connectivity index (χ2n) is 23.7. The van der Waals surface area contributed by atoms with Crippen molar-refractivity contribution in [1.29, 1.82) is 0 Å². The van der Waals surface area contributed by atoms with Gasteiger partial charge in [0.15, 0.2) is 23.0 Å². The third-order valence-corrected chi connectivity index (χ3v) is 14.3. The van der Waals surface area contributed by atoms with Gasteiger partial charge in [0.05, 0.1) is 95.7 Å². The molecule has 1 N–H and O–H groups in total. The number of pyridine rings is 1. The molecular formula is C60H74N6O8S. The standard InChI is InChI=1S/C60H74N6O8S/c1-56(2,3)73-35-57(4,5)66(58(6,7)36-74-59(8,9)34-60(10,11)75)41-24-39(32-71-52-28-46-44(26-50(52)69-12)54(67)64-42(30-61-46)22-37-18-14-16-20-48(37)64)63-40(25-41)33-72-53-29-47-45(27-51(53)70-13)55(68)65-43(31-62-47)23-38-19-15-17-21-49(38)65/h14-21,24-30,42-43,62,75H,22-23,31-36H2,1-13H3/t42-,43-/m0/s1. The minimum absolute atomic E-state index is 0.0263. The number of carbonyl (C=O) groups excluding carboxylic acids is 2. The van der Waals surface area contributed by atoms with Crippen molar-refractivity contribution in [3.8, 4) is 23.0 Å². The second-order valence-corrected chi connectivity index (χ2v) is 25.0. The summed E-state index contributed by atoms with van der Waals surface area (Å²) in [5.41, 5.74) is 6.14. The van der Waals surface area contributed by atoms with Crippen molar-refractivity contribution in [2.24, 2.45) is 4.99 Å². The first kappa shape index (κ1) is 53.5. The maximum Gasteiger partial charge on any atom is 0.261 e. The maximum absolute atomic E-state index is 14.3. The number of hydrogen-bond acceptors (Lipinski definition) is 13. The Bertz CT molecular complexity index is 3010. The van der Waals surface area contributed by atoms with Crippen molar-refractivity contribution in [2.45, 2.75) is 148 Å². The molecule has 2 atom stereocenters. The molecule has 4 aliphatic heterocycles. The third-order valence-electron chi connectivity index (χ3n) is 14.2. The van der Waals surface area contributed by atoms with E-state index < -0.39 is 22.3 Å². The average Bonchev–Trinajstić information content (AvgIpc) is 3.84. The molecule has 0 unspecified atom stereocenters. The fraction of sp³-hybridized carbons (Fsp3) is 0.467. The molecule has 9 rings (SSSR count). The van der Waals surface area contributed by atoms with Crippen LogP contribution in [0.3, 0.4) is 0 Å². The van der Waals surface area contributed by atoms with Crippen LogP contribution >= 0.6 is 12.6 Å². The molecule has 14 nitrogen and oxygen atoms in total. The van der Waals surface area contributed by atoms with Gasteiger partial charge in [-0.3, -0.25) is 24.5 Å². The molecule has 0 aliphatic carbocycles. The predicted molar refractivity (Wildman–Crippen MR) is 301 cm³/mol. The van der Waals surface area contributed by atoms with Crippen molar-refractivity contribution in [3.05, 3.63) is 119 Å². The number of para-hydroxylation sites is 2. The highest BCUT2D eigenvalue weighted by Crippen LogP contribution is 2.44. The topological polar surface area (TPSA) is 137 Å². The van der Waals surface area contributed by atoms with Crippen LogP contribution in [-0.2, 0) is 35.5 Å². The summed E-state index contributed by atoms with van der Waals surface area (Å²) in [4.78, 5) is 44.7. The molecule has 0 saturated heterocycles. The lowest BCUT2D eigenvalue weighted by molar-refractivity contribution is -0.0571. The summed E-state index contributed by atoms with van der Waals surface area (Å²) in [5, 5.41) is 3.55. The number of thiol groups is 1. The highest BCUT2D eigenvalue weighted by atomic mass is 32.1. The minimum atomic E-state index is -0.618. The van der Waals surface area contributed by atoms with E-state index in [9.17, 15) is 9.59 Å². The Labute approximate surface area is 448 Å². The van der Waals surface area contributed by atoms with Gasteiger partial charge in [0.1, 0.15) is 13.2 Å². The molecule has 2 amide bonds. The Hall–Kier alpha value is -6.29. The Morgan fingerprint density at radius 3 is 1.81 bits per heavy atom. The van der Waals surface area contributed by atoms with E-state index in [1.165, 1.54) is 0 Å². The van der Waals surface area contributed by atoms with Gasteiger partial charge in [-0.25, -0.2) is 0 Å². The number of aliphatic imine (C=N–C) groups is 1. The number of hydrogen-bond donors (Lipinski definition) is 2. The molecule has 5 aromatic rings. The monoisotopic (exact) mass is 1040 g/mol. The normalized spacial score (nSPS) is 17.2. The predicted octanol–water partition coefficient (Wildman–Crippen LogP) is 11.6. The van der Waals surface area contributed by atoms with E-state index >= 15 is 0 Å². The molecule has 15 heteroatoms. The smallest absolute Gasteiger partial charge is 0.261 e. The summed E-state index contributed by atoms with van der Waals surface area (Å²) < 4.78 is 38.4. The molecule has 5 heterocycles. The summed E-state index contributed by atoms with van der Waals surface area (Å²) in [6.45, 7) is 24.8. The number of carbonyl (C=O) groups is 2. The summed E-state index contributed by atoms with van der Waals surface area (Å²) in [6.07, 6.45) is 4.03. The van der Waals surface area contributed by atoms with Crippen LogP contribution in [0.5, 0.6) is 23.0 Å². The van der Waals surface area contributed by atoms with Crippen molar-refractivity contribution in [1.82, 2.24) is 4.98 Å². The quantitative estimate of drug-likeness (QED) is 0.0812. The Balaban J connectivity index is 1.07. The summed E-state index contributed by atoms with van der Waals surface area (Å²) in [5.74, 6) is 1.44. The molecule has 4 aromatic carbocycles. The van der Waals surface area contributed by atoms with Crippen LogP contribution in [0.2, 0.25) is 0 Å². The summed E-state index contributed by atoms with van der Waals surface area (Å²) >= 11 is 4.87. The van der Waals surface area contributed by atoms with Gasteiger partial charge in [0.2, 0.25) is 0 Å². The lowest BCUT2D eigenvalue weighted by atomic mass is 9.91. The second kappa shape index (κ2) is 20.3. The van der Waals surface area contributed by atoms with Gasteiger partial charge in [-0.2, -0.15) is 12.6 Å². The number of methoxy groups -OCH3 is 2. The van der Waals surface area contributed by atoms with E-state index in [1.54, 1.807) is 32.4 Å². The van der Waals surface area contributed by atoms with Crippen LogP contribution in [0.1, 0.15) is 126 Å². The molecular weight excluding hydrogens is 965 g/mol. The van der Waals surface area contributed by atoms with Crippen LogP contribution in [0.4, 0.5) is 28.4 Å². The largest absolute Gasteiger partial charge is 0.493 e. The lowest BCUT2D eigenvalue weighted by Gasteiger charge is -2.51. The highest BCUT2D eigenvalue weighted by molar-refractivity contribution is 7.81. The van der Waals surface area contributed by atoms with Gasteiger partial charge in [0.25, 0.3) is 11.8 Å². The molecule has 1 aromatic heterocycles. The van der Waals surface area contributed by atoms with E-state index in [2.05, 4.69) is 98.5 Å². The molecule has 0 saturated carbocycles. The first-order valence-corrected chi connectivity index (χ1v) is 26.4. The molecule has 0 radical (unpaired) electrons. The maximum atomic E-state index is 14.3. The van der Waals surface area contributed by atoms with Crippen molar-refractivity contribution < 1.29 is 38.0 Å². The number of anilines is 4. The van der Waals surface area contributed by atoms with Gasteiger partial charge in [-0.15, -0.1) is 0 Å². The molecule has 4 aliphatic rings. The summed E-state index contributed by atoms with van der Waals surface area (Å²) in [7, 11) is 3.14. The van der Waals surface area contributed by atoms with Gasteiger partial charge in [-0.05, 0) is 123 Å². The number of benzene rings is 4. The zero-order chi connectivity index (χ0) is 53.8. The Kier molecular flexibility index (Phi) is 14.5. The van der Waals surface area contributed by atoms with Crippen LogP contribution in [0, 0.1) is 0 Å². The first-order chi connectivity index (χ1) is 35.3. The number of amides is 2. The van der Waals surface area contributed by atoms with E-state index in [1.807, 2.05) is 70.6 Å². The molecule has 0 fully saturated rings. The van der Waals surface area contributed by atoms with Crippen molar-refractivity contribution in [2.75, 3.05) is 54.0 Å². The minimum Gasteiger partial charge on any atom is -0.493 e. The SMILES string of the molecule is COc1cc2c(cc1OCc1cc(N(C(C)(C)COC(C)(C)C)C(C)(C)COC(C)(C)CC(C)(C)S)cc(COc3cc4c(cc3OC)C(=O)N3c5ccccc5C[C@H]3CN4)n1)N=C[C@@H]1Cc3ccccc3N1C2=O. The lowest BCUT2D eigenvalue weighted by Crippen LogP contribution is -2.61. The molecule has 75 heavy (non-hydrogen) atoms. The molecule has 0 spiro atoms. The molecule has 398 valence electrons. The summed E-state index contributed by atoms with van der Waals surface area (Å²) in [6, 6.07) is 27.0. The van der Waals surface area contributed by atoms with Gasteiger partial charge >= 0.3 is 0 Å². The number of fused-ring (bicyclic) bond motifs is 8. The fourth-order valence-corrected chi connectivity index (χ4v) is 11.7. The first-order valence-electron chi connectivity index (χ1n) is 25.9. The van der Waals surface area contributed by atoms with E-state index in [4.69, 9.17) is 51.0 Å². The van der Waals surface area contributed by atoms with Crippen LogP contribution in [-0.4, -0.2) is 96.1 Å². The average molecular weight is 1040 g/mol. The van der Waals surface area contributed by atoms with Crippen LogP contribution in [0.25, 0.3) is 0 Å². The number of nitrogens with zero attached hydrogens (tertiary/aromatic N) is 5. The van der Waals surface area contributed by atoms with Gasteiger partial charge in [-0.1, -0.05) is 50.2 Å². The van der Waals surface area contributed by atoms with Crippen LogP contribution in [0.15, 0.2) is 89.9 Å². The zero-order valence-electron chi connectivity index (χ0n) is 45.9. The number of rotatable bonds is 18. The number of nitrogens with one attached hydrogen (secondary N) is 1. The van der Waals surface area contributed by atoms with Gasteiger partial charge < -0.3 is 43.5 Å². The third kappa shape index (κ3) is 11.5. The fourth-order valence-electron chi connectivity index (χ4n) is 11.3. The zero-order valence-corrected chi connectivity index (χ0v) is 46.8. The van der Waals surface area contributed by atoms with Crippen molar-refractivity contribution >= 4 is 59.1 Å². The van der Waals surface area contributed by atoms with Gasteiger partial charge in [0, 0.05) is 53.1 Å². The number of ether oxygens (including phenoxy) is 6. The Morgan fingerprint density at radius 2 is 1.21 bits per heavy atom. The van der Waals surface area contributed by atoms with E-state index in [0.29, 0.717) is 83.1 Å². The van der Waals surface area contributed by atoms with E-state index in [-0.39, 0.29) is 41.9 Å². The highest BCUT2D eigenvalue weighted by Gasteiger charge is 2.43. The van der Waals surface area contributed by atoms with Crippen LogP contribution < -0.4 is 39.0 Å².